The van der Waals surface area contributed by atoms with Crippen LogP contribution in [0.1, 0.15) is 16.3 Å². The number of carbonyl (C=O) groups is 1. The number of esters is 1. The first kappa shape index (κ1) is 14.7. The molecule has 0 unspecified atom stereocenters. The Bertz CT molecular complexity index is 664. The topological polar surface area (TPSA) is 61.3 Å². The molecule has 0 atom stereocenters. The third-order valence-electron chi connectivity index (χ3n) is 2.31. The second kappa shape index (κ2) is 6.19. The van der Waals surface area contributed by atoms with E-state index in [0.717, 1.165) is 4.47 Å². The van der Waals surface area contributed by atoms with Crippen molar-refractivity contribution >= 4 is 33.5 Å². The number of benzene rings is 1. The summed E-state index contributed by atoms with van der Waals surface area (Å²) < 4.78 is 11.0. The first-order chi connectivity index (χ1) is 9.49. The Hall–Kier alpha value is -1.66. The lowest BCUT2D eigenvalue weighted by molar-refractivity contribution is 0.0585. The molecule has 2 aromatic rings. The summed E-state index contributed by atoms with van der Waals surface area (Å²) in [5.41, 5.74) is 0.585. The van der Waals surface area contributed by atoms with Crippen LogP contribution in [0.5, 0.6) is 11.6 Å². The molecule has 0 aliphatic carbocycles. The van der Waals surface area contributed by atoms with Crippen molar-refractivity contribution in [2.75, 3.05) is 7.11 Å². The van der Waals surface area contributed by atoms with Crippen molar-refractivity contribution in [1.82, 2.24) is 9.97 Å². The molecule has 0 amide bonds. The zero-order valence-electron chi connectivity index (χ0n) is 10.7. The van der Waals surface area contributed by atoms with Gasteiger partial charge in [-0.2, -0.15) is 4.98 Å². The van der Waals surface area contributed by atoms with E-state index in [1.165, 1.54) is 7.11 Å². The summed E-state index contributed by atoms with van der Waals surface area (Å²) in [6.07, 6.45) is 0. The highest BCUT2D eigenvalue weighted by molar-refractivity contribution is 9.10. The fraction of sp³-hybridized carbons (Fsp3) is 0.154. The van der Waals surface area contributed by atoms with Crippen LogP contribution in [0.25, 0.3) is 0 Å². The minimum atomic E-state index is -0.626. The number of aryl methyl sites for hydroxylation is 1. The monoisotopic (exact) mass is 356 g/mol. The van der Waals surface area contributed by atoms with Crippen molar-refractivity contribution in [2.45, 2.75) is 6.92 Å². The van der Waals surface area contributed by atoms with Crippen LogP contribution in [0.4, 0.5) is 0 Å². The van der Waals surface area contributed by atoms with E-state index in [9.17, 15) is 4.79 Å². The largest absolute Gasteiger partial charge is 0.463 e. The maximum Gasteiger partial charge on any atom is 0.376 e. The van der Waals surface area contributed by atoms with Crippen LogP contribution in [0.15, 0.2) is 28.7 Å². The highest BCUT2D eigenvalue weighted by atomic mass is 79.9. The van der Waals surface area contributed by atoms with Crippen molar-refractivity contribution in [3.8, 4) is 11.6 Å². The maximum absolute atomic E-state index is 11.5. The Kier molecular flexibility index (Phi) is 4.57. The summed E-state index contributed by atoms with van der Waals surface area (Å²) in [7, 11) is 1.26. The number of ether oxygens (including phenoxy) is 2. The highest BCUT2D eigenvalue weighted by Crippen LogP contribution is 2.31. The van der Waals surface area contributed by atoms with Crippen LogP contribution >= 0.6 is 27.5 Å². The number of rotatable bonds is 3. The molecule has 2 rings (SSSR count). The lowest BCUT2D eigenvalue weighted by Crippen LogP contribution is -2.09. The zero-order chi connectivity index (χ0) is 14.7. The standard InChI is InChI=1S/C13H10BrClN2O3/c1-7-5-11(17-12(16-7)13(18)19-2)20-10-6-8(14)3-4-9(10)15/h3-6H,1-2H3. The van der Waals surface area contributed by atoms with Gasteiger partial charge in [0.25, 0.3) is 0 Å². The lowest BCUT2D eigenvalue weighted by Gasteiger charge is -2.08. The smallest absolute Gasteiger partial charge is 0.376 e. The highest BCUT2D eigenvalue weighted by Gasteiger charge is 2.13. The molecule has 1 aromatic heterocycles. The molecule has 0 radical (unpaired) electrons. The van der Waals surface area contributed by atoms with Gasteiger partial charge in [-0.1, -0.05) is 27.5 Å². The predicted octanol–water partition coefficient (Wildman–Crippen LogP) is 3.78. The van der Waals surface area contributed by atoms with Gasteiger partial charge in [0.05, 0.1) is 12.1 Å². The normalized spacial score (nSPS) is 10.2. The predicted molar refractivity (Wildman–Crippen MR) is 77.3 cm³/mol. The van der Waals surface area contributed by atoms with E-state index in [1.54, 1.807) is 31.2 Å². The minimum absolute atomic E-state index is 0.0615. The molecule has 104 valence electrons. The van der Waals surface area contributed by atoms with Gasteiger partial charge in [0.1, 0.15) is 5.75 Å². The Morgan fingerprint density at radius 1 is 1.30 bits per heavy atom. The second-order valence-corrected chi connectivity index (χ2v) is 5.16. The Morgan fingerprint density at radius 3 is 2.75 bits per heavy atom. The van der Waals surface area contributed by atoms with Gasteiger partial charge in [-0.05, 0) is 25.1 Å². The molecule has 0 saturated heterocycles. The molecular weight excluding hydrogens is 348 g/mol. The van der Waals surface area contributed by atoms with Gasteiger partial charge in [-0.25, -0.2) is 9.78 Å². The van der Waals surface area contributed by atoms with Crippen LogP contribution in [-0.4, -0.2) is 23.0 Å². The van der Waals surface area contributed by atoms with Crippen LogP contribution in [0, 0.1) is 6.92 Å². The van der Waals surface area contributed by atoms with E-state index >= 15 is 0 Å². The second-order valence-electron chi connectivity index (χ2n) is 3.84. The third kappa shape index (κ3) is 3.46. The Balaban J connectivity index is 2.36. The third-order valence-corrected chi connectivity index (χ3v) is 3.11. The molecule has 0 fully saturated rings. The van der Waals surface area contributed by atoms with Crippen molar-refractivity contribution in [3.63, 3.8) is 0 Å². The fourth-order valence-corrected chi connectivity index (χ4v) is 1.94. The number of methoxy groups -OCH3 is 1. The van der Waals surface area contributed by atoms with Crippen LogP contribution in [-0.2, 0) is 4.74 Å². The Labute approximate surface area is 129 Å². The molecule has 0 saturated carbocycles. The van der Waals surface area contributed by atoms with Gasteiger partial charge in [-0.3, -0.25) is 0 Å². The van der Waals surface area contributed by atoms with E-state index < -0.39 is 5.97 Å². The molecule has 7 heteroatoms. The van der Waals surface area contributed by atoms with Crippen molar-refractivity contribution < 1.29 is 14.3 Å². The number of halogens is 2. The van der Waals surface area contributed by atoms with E-state index in [1.807, 2.05) is 0 Å². The summed E-state index contributed by atoms with van der Waals surface area (Å²) in [6, 6.07) is 6.79. The van der Waals surface area contributed by atoms with Gasteiger partial charge >= 0.3 is 5.97 Å². The number of nitrogens with zero attached hydrogens (tertiary/aromatic N) is 2. The van der Waals surface area contributed by atoms with Crippen molar-refractivity contribution in [1.29, 1.82) is 0 Å². The average molecular weight is 358 g/mol. The summed E-state index contributed by atoms with van der Waals surface area (Å²) in [5.74, 6) is -0.0413. The van der Waals surface area contributed by atoms with Crippen molar-refractivity contribution in [2.24, 2.45) is 0 Å². The van der Waals surface area contributed by atoms with E-state index in [-0.39, 0.29) is 11.7 Å². The molecule has 0 N–H and O–H groups in total. The van der Waals surface area contributed by atoms with Gasteiger partial charge in [0.2, 0.25) is 11.7 Å². The first-order valence-corrected chi connectivity index (χ1v) is 6.73. The molecule has 0 spiro atoms. The van der Waals surface area contributed by atoms with E-state index in [2.05, 4.69) is 30.6 Å². The van der Waals surface area contributed by atoms with Crippen LogP contribution < -0.4 is 4.74 Å². The van der Waals surface area contributed by atoms with Crippen LogP contribution in [0.2, 0.25) is 5.02 Å². The minimum Gasteiger partial charge on any atom is -0.463 e. The maximum atomic E-state index is 11.5. The summed E-state index contributed by atoms with van der Waals surface area (Å²) in [4.78, 5) is 19.4. The average Bonchev–Trinajstić information content (AvgIpc) is 2.41. The molecular formula is C13H10BrClN2O3. The molecule has 1 heterocycles. The van der Waals surface area contributed by atoms with Gasteiger partial charge < -0.3 is 9.47 Å². The fourth-order valence-electron chi connectivity index (χ4n) is 1.44. The first-order valence-electron chi connectivity index (χ1n) is 5.56. The van der Waals surface area contributed by atoms with Crippen molar-refractivity contribution in [3.05, 3.63) is 45.3 Å². The summed E-state index contributed by atoms with van der Waals surface area (Å²) >= 11 is 9.36. The SMILES string of the molecule is COC(=O)c1nc(C)cc(Oc2cc(Br)ccc2Cl)n1. The molecule has 1 aromatic carbocycles. The zero-order valence-corrected chi connectivity index (χ0v) is 13.0. The van der Waals surface area contributed by atoms with Gasteiger partial charge in [-0.15, -0.1) is 0 Å². The van der Waals surface area contributed by atoms with E-state index in [4.69, 9.17) is 16.3 Å². The van der Waals surface area contributed by atoms with E-state index in [0.29, 0.717) is 16.5 Å². The number of hydrogen-bond acceptors (Lipinski definition) is 5. The van der Waals surface area contributed by atoms with Gasteiger partial charge in [0.15, 0.2) is 0 Å². The summed E-state index contributed by atoms with van der Waals surface area (Å²) in [6.45, 7) is 1.73. The van der Waals surface area contributed by atoms with Gasteiger partial charge in [0, 0.05) is 16.2 Å². The molecule has 0 bridgehead atoms. The molecule has 0 aliphatic heterocycles. The van der Waals surface area contributed by atoms with Crippen LogP contribution in [0.3, 0.4) is 0 Å². The summed E-state index contributed by atoms with van der Waals surface area (Å²) in [5, 5.41) is 0.434. The molecule has 5 nitrogen and oxygen atoms in total. The number of hydrogen-bond donors (Lipinski definition) is 0. The Morgan fingerprint density at radius 2 is 2.05 bits per heavy atom. The lowest BCUT2D eigenvalue weighted by atomic mass is 10.3. The number of aromatic nitrogens is 2. The molecule has 0 aliphatic rings. The quantitative estimate of drug-likeness (QED) is 0.782. The molecule has 20 heavy (non-hydrogen) atoms. The number of carbonyl (C=O) groups excluding carboxylic acids is 1.